The molecule has 4 rings (SSSR count). The maximum atomic E-state index is 12.7. The van der Waals surface area contributed by atoms with Crippen molar-refractivity contribution in [1.82, 2.24) is 9.47 Å². The molecule has 1 aliphatic heterocycles. The van der Waals surface area contributed by atoms with Crippen LogP contribution in [0.4, 0.5) is 5.69 Å². The molecular formula is C22H22ClN3O2S. The zero-order valence-corrected chi connectivity index (χ0v) is 17.7. The summed E-state index contributed by atoms with van der Waals surface area (Å²) in [5.74, 6) is 0.430. The van der Waals surface area contributed by atoms with Crippen LogP contribution in [0.15, 0.2) is 64.3 Å². The Morgan fingerprint density at radius 2 is 1.79 bits per heavy atom. The van der Waals surface area contributed by atoms with E-state index in [0.29, 0.717) is 18.8 Å². The van der Waals surface area contributed by atoms with E-state index in [1.54, 1.807) is 17.7 Å². The number of anilines is 1. The number of aryl methyl sites for hydroxylation is 1. The van der Waals surface area contributed by atoms with E-state index in [0.717, 1.165) is 39.6 Å². The molecule has 0 saturated carbocycles. The SMILES string of the molecule is Cn1c(=O)cc(SCC(=O)N2CCN(c3cccc(Cl)c3)CC2)c2ccccc21. The molecule has 0 aliphatic carbocycles. The van der Waals surface area contributed by atoms with E-state index >= 15 is 0 Å². The van der Waals surface area contributed by atoms with Gasteiger partial charge >= 0.3 is 0 Å². The number of halogens is 1. The number of carbonyl (C=O) groups is 1. The van der Waals surface area contributed by atoms with Gasteiger partial charge in [0.2, 0.25) is 5.91 Å². The summed E-state index contributed by atoms with van der Waals surface area (Å²) in [7, 11) is 1.77. The fourth-order valence-electron chi connectivity index (χ4n) is 3.62. The number of nitrogens with zero attached hydrogens (tertiary/aromatic N) is 3. The molecule has 3 aromatic rings. The van der Waals surface area contributed by atoms with Gasteiger partial charge in [0, 0.05) is 60.3 Å². The number of amides is 1. The Kier molecular flexibility index (Phi) is 5.83. The van der Waals surface area contributed by atoms with E-state index in [4.69, 9.17) is 11.6 Å². The highest BCUT2D eigenvalue weighted by atomic mass is 35.5. The third-order valence-electron chi connectivity index (χ3n) is 5.27. The maximum Gasteiger partial charge on any atom is 0.251 e. The molecule has 1 aromatic heterocycles. The van der Waals surface area contributed by atoms with Crippen LogP contribution >= 0.6 is 23.4 Å². The van der Waals surface area contributed by atoms with Crippen LogP contribution in [0.1, 0.15) is 0 Å². The Hall–Kier alpha value is -2.44. The molecule has 150 valence electrons. The Morgan fingerprint density at radius 3 is 2.55 bits per heavy atom. The molecule has 2 heterocycles. The molecule has 1 aliphatic rings. The minimum absolute atomic E-state index is 0.0613. The summed E-state index contributed by atoms with van der Waals surface area (Å²) in [6.45, 7) is 2.93. The Bertz CT molecular complexity index is 1110. The molecule has 1 saturated heterocycles. The van der Waals surface area contributed by atoms with Crippen molar-refractivity contribution in [3.05, 3.63) is 70.0 Å². The predicted molar refractivity (Wildman–Crippen MR) is 120 cm³/mol. The van der Waals surface area contributed by atoms with E-state index in [2.05, 4.69) is 4.90 Å². The Labute approximate surface area is 178 Å². The van der Waals surface area contributed by atoms with Gasteiger partial charge in [0.05, 0.1) is 11.3 Å². The number of hydrogen-bond donors (Lipinski definition) is 0. The van der Waals surface area contributed by atoms with Gasteiger partial charge in [-0.25, -0.2) is 0 Å². The van der Waals surface area contributed by atoms with E-state index in [1.807, 2.05) is 53.4 Å². The fraction of sp³-hybridized carbons (Fsp3) is 0.273. The van der Waals surface area contributed by atoms with Crippen molar-refractivity contribution in [2.24, 2.45) is 7.05 Å². The molecule has 2 aromatic carbocycles. The molecular weight excluding hydrogens is 406 g/mol. The maximum absolute atomic E-state index is 12.7. The van der Waals surface area contributed by atoms with Crippen LogP contribution in [0, 0.1) is 0 Å². The quantitative estimate of drug-likeness (QED) is 0.596. The molecule has 0 unspecified atom stereocenters. The number of aromatic nitrogens is 1. The van der Waals surface area contributed by atoms with Gasteiger partial charge in [-0.15, -0.1) is 11.8 Å². The minimum Gasteiger partial charge on any atom is -0.368 e. The second kappa shape index (κ2) is 8.51. The van der Waals surface area contributed by atoms with Crippen molar-refractivity contribution >= 4 is 45.9 Å². The Balaban J connectivity index is 1.40. The minimum atomic E-state index is -0.0613. The number of rotatable bonds is 4. The van der Waals surface area contributed by atoms with E-state index in [1.165, 1.54) is 11.8 Å². The third kappa shape index (κ3) is 4.28. The van der Waals surface area contributed by atoms with Crippen molar-refractivity contribution < 1.29 is 4.79 Å². The summed E-state index contributed by atoms with van der Waals surface area (Å²) in [5, 5.41) is 1.72. The van der Waals surface area contributed by atoms with Crippen LogP contribution in [0.25, 0.3) is 10.9 Å². The molecule has 0 atom stereocenters. The second-order valence-corrected chi connectivity index (χ2v) is 8.51. The molecule has 0 radical (unpaired) electrons. The van der Waals surface area contributed by atoms with Gasteiger partial charge in [0.1, 0.15) is 0 Å². The highest BCUT2D eigenvalue weighted by molar-refractivity contribution is 8.00. The monoisotopic (exact) mass is 427 g/mol. The lowest BCUT2D eigenvalue weighted by Gasteiger charge is -2.36. The van der Waals surface area contributed by atoms with Gasteiger partial charge in [-0.2, -0.15) is 0 Å². The number of carbonyl (C=O) groups excluding carboxylic acids is 1. The first-order valence-corrected chi connectivity index (χ1v) is 10.9. The molecule has 0 N–H and O–H groups in total. The highest BCUT2D eigenvalue weighted by Gasteiger charge is 2.21. The molecule has 29 heavy (non-hydrogen) atoms. The highest BCUT2D eigenvalue weighted by Crippen LogP contribution is 2.27. The Morgan fingerprint density at radius 1 is 1.03 bits per heavy atom. The number of hydrogen-bond acceptors (Lipinski definition) is 4. The van der Waals surface area contributed by atoms with Crippen molar-refractivity contribution in [1.29, 1.82) is 0 Å². The average molecular weight is 428 g/mol. The predicted octanol–water partition coefficient (Wildman–Crippen LogP) is 3.63. The summed E-state index contributed by atoms with van der Waals surface area (Å²) < 4.78 is 1.64. The van der Waals surface area contributed by atoms with E-state index < -0.39 is 0 Å². The zero-order chi connectivity index (χ0) is 20.4. The summed E-state index contributed by atoms with van der Waals surface area (Å²) >= 11 is 7.53. The number of benzene rings is 2. The van der Waals surface area contributed by atoms with Gasteiger partial charge in [0.15, 0.2) is 0 Å². The number of piperazine rings is 1. The van der Waals surface area contributed by atoms with Crippen LogP contribution in [0.5, 0.6) is 0 Å². The molecule has 0 spiro atoms. The average Bonchev–Trinajstić information content (AvgIpc) is 2.75. The lowest BCUT2D eigenvalue weighted by atomic mass is 10.2. The van der Waals surface area contributed by atoms with Crippen LogP contribution in [-0.2, 0) is 11.8 Å². The summed E-state index contributed by atoms with van der Waals surface area (Å²) in [5.41, 5.74) is 1.91. The van der Waals surface area contributed by atoms with Crippen molar-refractivity contribution in [3.63, 3.8) is 0 Å². The largest absolute Gasteiger partial charge is 0.368 e. The molecule has 1 fully saturated rings. The first-order chi connectivity index (χ1) is 14.0. The standard InChI is InChI=1S/C22H22ClN3O2S/c1-24-19-8-3-2-7-18(19)20(14-21(24)27)29-15-22(28)26-11-9-25(10-12-26)17-6-4-5-16(23)13-17/h2-8,13-14H,9-12,15H2,1H3. The third-order valence-corrected chi connectivity index (χ3v) is 6.55. The summed E-state index contributed by atoms with van der Waals surface area (Å²) in [6, 6.07) is 17.2. The zero-order valence-electron chi connectivity index (χ0n) is 16.2. The number of pyridine rings is 1. The van der Waals surface area contributed by atoms with Gasteiger partial charge in [0.25, 0.3) is 5.56 Å². The molecule has 1 amide bonds. The molecule has 5 nitrogen and oxygen atoms in total. The normalized spacial score (nSPS) is 14.4. The van der Waals surface area contributed by atoms with Crippen LogP contribution in [0.3, 0.4) is 0 Å². The first-order valence-electron chi connectivity index (χ1n) is 9.53. The van der Waals surface area contributed by atoms with Crippen molar-refractivity contribution in [2.75, 3.05) is 36.8 Å². The lowest BCUT2D eigenvalue weighted by Crippen LogP contribution is -2.49. The fourth-order valence-corrected chi connectivity index (χ4v) is 4.78. The number of para-hydroxylation sites is 1. The van der Waals surface area contributed by atoms with Gasteiger partial charge in [-0.1, -0.05) is 35.9 Å². The van der Waals surface area contributed by atoms with Gasteiger partial charge in [-0.3, -0.25) is 9.59 Å². The molecule has 7 heteroatoms. The number of fused-ring (bicyclic) bond motifs is 1. The van der Waals surface area contributed by atoms with Crippen molar-refractivity contribution in [3.8, 4) is 0 Å². The van der Waals surface area contributed by atoms with E-state index in [-0.39, 0.29) is 11.5 Å². The second-order valence-electron chi connectivity index (χ2n) is 7.06. The van der Waals surface area contributed by atoms with Gasteiger partial charge < -0.3 is 14.4 Å². The van der Waals surface area contributed by atoms with Crippen molar-refractivity contribution in [2.45, 2.75) is 4.90 Å². The lowest BCUT2D eigenvalue weighted by molar-refractivity contribution is -0.128. The van der Waals surface area contributed by atoms with E-state index in [9.17, 15) is 9.59 Å². The summed E-state index contributed by atoms with van der Waals surface area (Å²) in [6.07, 6.45) is 0. The summed E-state index contributed by atoms with van der Waals surface area (Å²) in [4.78, 5) is 30.0. The smallest absolute Gasteiger partial charge is 0.251 e. The van der Waals surface area contributed by atoms with Crippen LogP contribution in [0.2, 0.25) is 5.02 Å². The van der Waals surface area contributed by atoms with Crippen LogP contribution in [-0.4, -0.2) is 47.3 Å². The number of thioether (sulfide) groups is 1. The van der Waals surface area contributed by atoms with Gasteiger partial charge in [-0.05, 0) is 24.3 Å². The van der Waals surface area contributed by atoms with Crippen LogP contribution < -0.4 is 10.5 Å². The molecule has 0 bridgehead atoms. The topological polar surface area (TPSA) is 45.6 Å². The first kappa shape index (κ1) is 19.9.